The van der Waals surface area contributed by atoms with E-state index in [2.05, 4.69) is 22.5 Å². The third kappa shape index (κ3) is 4.45. The third-order valence-electron chi connectivity index (χ3n) is 3.62. The maximum absolute atomic E-state index is 11.8. The first-order chi connectivity index (χ1) is 9.69. The van der Waals surface area contributed by atoms with Crippen molar-refractivity contribution in [2.75, 3.05) is 6.54 Å². The summed E-state index contributed by atoms with van der Waals surface area (Å²) in [6.07, 6.45) is 7.02. The van der Waals surface area contributed by atoms with Crippen molar-refractivity contribution in [3.63, 3.8) is 0 Å². The van der Waals surface area contributed by atoms with Crippen LogP contribution in [-0.4, -0.2) is 34.8 Å². The summed E-state index contributed by atoms with van der Waals surface area (Å²) >= 11 is 1.70. The number of aliphatic hydroxyl groups is 1. The number of urea groups is 1. The van der Waals surface area contributed by atoms with E-state index in [1.807, 2.05) is 6.20 Å². The van der Waals surface area contributed by atoms with Crippen molar-refractivity contribution >= 4 is 17.4 Å². The fourth-order valence-electron chi connectivity index (χ4n) is 2.41. The Hall–Kier alpha value is -1.14. The SMILES string of the molecule is CCc1cnc(CCNC(=O)N[C@@H]2CCCC[C@@H]2O)s1. The molecule has 1 aromatic heterocycles. The van der Waals surface area contributed by atoms with Crippen LogP contribution in [0.25, 0.3) is 0 Å². The quantitative estimate of drug-likeness (QED) is 0.776. The Balaban J connectivity index is 1.67. The molecule has 1 saturated carbocycles. The second kappa shape index (κ2) is 7.59. The van der Waals surface area contributed by atoms with Crippen LogP contribution in [0, 0.1) is 0 Å². The first kappa shape index (κ1) is 15.3. The summed E-state index contributed by atoms with van der Waals surface area (Å²) in [5, 5.41) is 16.5. The summed E-state index contributed by atoms with van der Waals surface area (Å²) in [5.41, 5.74) is 0. The highest BCUT2D eigenvalue weighted by atomic mass is 32.1. The number of nitrogens with zero attached hydrogens (tertiary/aromatic N) is 1. The van der Waals surface area contributed by atoms with E-state index >= 15 is 0 Å². The van der Waals surface area contributed by atoms with Gasteiger partial charge in [-0.05, 0) is 19.3 Å². The van der Waals surface area contributed by atoms with Crippen LogP contribution in [0.2, 0.25) is 0 Å². The minimum absolute atomic E-state index is 0.102. The van der Waals surface area contributed by atoms with Gasteiger partial charge in [-0.15, -0.1) is 11.3 Å². The maximum atomic E-state index is 11.8. The van der Waals surface area contributed by atoms with Crippen LogP contribution in [0.15, 0.2) is 6.20 Å². The number of aliphatic hydroxyl groups excluding tert-OH is 1. The van der Waals surface area contributed by atoms with Crippen molar-refractivity contribution in [3.05, 3.63) is 16.1 Å². The van der Waals surface area contributed by atoms with Gasteiger partial charge < -0.3 is 15.7 Å². The summed E-state index contributed by atoms with van der Waals surface area (Å²) in [7, 11) is 0. The normalized spacial score (nSPS) is 22.5. The summed E-state index contributed by atoms with van der Waals surface area (Å²) in [6, 6.07) is -0.293. The highest BCUT2D eigenvalue weighted by Crippen LogP contribution is 2.18. The minimum atomic E-state index is -0.402. The number of rotatable bonds is 5. The Morgan fingerprint density at radius 2 is 2.30 bits per heavy atom. The van der Waals surface area contributed by atoms with Gasteiger partial charge in [0.2, 0.25) is 0 Å². The van der Waals surface area contributed by atoms with Crippen LogP contribution in [0.5, 0.6) is 0 Å². The topological polar surface area (TPSA) is 74.2 Å². The van der Waals surface area contributed by atoms with Crippen LogP contribution in [0.3, 0.4) is 0 Å². The van der Waals surface area contributed by atoms with Gasteiger partial charge in [0, 0.05) is 24.0 Å². The number of aromatic nitrogens is 1. The molecule has 0 aliphatic heterocycles. The molecule has 1 aromatic rings. The van der Waals surface area contributed by atoms with Gasteiger partial charge in [0.1, 0.15) is 0 Å². The minimum Gasteiger partial charge on any atom is -0.391 e. The zero-order chi connectivity index (χ0) is 14.4. The lowest BCUT2D eigenvalue weighted by atomic mass is 9.93. The van der Waals surface area contributed by atoms with Crippen molar-refractivity contribution in [1.29, 1.82) is 0 Å². The van der Waals surface area contributed by atoms with E-state index in [1.165, 1.54) is 4.88 Å². The Morgan fingerprint density at radius 1 is 1.50 bits per heavy atom. The number of carbonyl (C=O) groups excluding carboxylic acids is 1. The highest BCUT2D eigenvalue weighted by Gasteiger charge is 2.24. The average molecular weight is 297 g/mol. The summed E-state index contributed by atoms with van der Waals surface area (Å²) in [6.45, 7) is 2.68. The standard InChI is InChI=1S/C14H23N3O2S/c1-2-10-9-16-13(20-10)7-8-15-14(19)17-11-5-3-4-6-12(11)18/h9,11-12,18H,2-8H2,1H3,(H2,15,17,19)/t11-,12+/m1/s1. The lowest BCUT2D eigenvalue weighted by molar-refractivity contribution is 0.0943. The van der Waals surface area contributed by atoms with Crippen LogP contribution >= 0.6 is 11.3 Å². The molecule has 1 heterocycles. The zero-order valence-corrected chi connectivity index (χ0v) is 12.7. The molecule has 2 atom stereocenters. The molecule has 0 saturated heterocycles. The number of hydrogen-bond acceptors (Lipinski definition) is 4. The molecule has 112 valence electrons. The van der Waals surface area contributed by atoms with E-state index in [0.717, 1.165) is 43.5 Å². The number of thiazole rings is 1. The van der Waals surface area contributed by atoms with Gasteiger partial charge in [0.25, 0.3) is 0 Å². The molecule has 0 unspecified atom stereocenters. The Kier molecular flexibility index (Phi) is 5.79. The van der Waals surface area contributed by atoms with Crippen molar-refractivity contribution in [2.24, 2.45) is 0 Å². The Morgan fingerprint density at radius 3 is 3.00 bits per heavy atom. The van der Waals surface area contributed by atoms with E-state index in [0.29, 0.717) is 6.54 Å². The average Bonchev–Trinajstić information content (AvgIpc) is 2.89. The largest absolute Gasteiger partial charge is 0.391 e. The first-order valence-corrected chi connectivity index (χ1v) is 8.16. The predicted octanol–water partition coefficient (Wildman–Crippen LogP) is 1.85. The molecule has 20 heavy (non-hydrogen) atoms. The van der Waals surface area contributed by atoms with Crippen molar-refractivity contribution in [2.45, 2.75) is 57.6 Å². The Labute approximate surface area is 123 Å². The summed E-state index contributed by atoms with van der Waals surface area (Å²) < 4.78 is 0. The van der Waals surface area contributed by atoms with Crippen molar-refractivity contribution in [3.8, 4) is 0 Å². The monoisotopic (exact) mass is 297 g/mol. The number of nitrogens with one attached hydrogen (secondary N) is 2. The fourth-order valence-corrected chi connectivity index (χ4v) is 3.27. The molecule has 3 N–H and O–H groups in total. The summed E-state index contributed by atoms with van der Waals surface area (Å²) in [4.78, 5) is 17.3. The molecule has 0 bridgehead atoms. The van der Waals surface area contributed by atoms with Crippen LogP contribution in [0.1, 0.15) is 42.5 Å². The fraction of sp³-hybridized carbons (Fsp3) is 0.714. The van der Waals surface area contributed by atoms with E-state index < -0.39 is 6.10 Å². The molecule has 2 rings (SSSR count). The molecule has 0 radical (unpaired) electrons. The zero-order valence-electron chi connectivity index (χ0n) is 11.9. The first-order valence-electron chi connectivity index (χ1n) is 7.35. The molecular formula is C14H23N3O2S. The molecular weight excluding hydrogens is 274 g/mol. The van der Waals surface area contributed by atoms with Gasteiger partial charge in [-0.3, -0.25) is 0 Å². The maximum Gasteiger partial charge on any atom is 0.315 e. The van der Waals surface area contributed by atoms with Crippen LogP contribution in [0.4, 0.5) is 4.79 Å². The van der Waals surface area contributed by atoms with E-state index in [1.54, 1.807) is 11.3 Å². The lowest BCUT2D eigenvalue weighted by Gasteiger charge is -2.28. The molecule has 5 nitrogen and oxygen atoms in total. The lowest BCUT2D eigenvalue weighted by Crippen LogP contribution is -2.49. The molecule has 2 amide bonds. The van der Waals surface area contributed by atoms with Gasteiger partial charge in [-0.1, -0.05) is 19.8 Å². The van der Waals surface area contributed by atoms with Crippen LogP contribution in [-0.2, 0) is 12.8 Å². The number of carbonyl (C=O) groups is 1. The van der Waals surface area contributed by atoms with Crippen LogP contribution < -0.4 is 10.6 Å². The molecule has 0 aromatic carbocycles. The highest BCUT2D eigenvalue weighted by molar-refractivity contribution is 7.11. The Bertz CT molecular complexity index is 436. The van der Waals surface area contributed by atoms with Gasteiger partial charge >= 0.3 is 6.03 Å². The van der Waals surface area contributed by atoms with Crippen molar-refractivity contribution in [1.82, 2.24) is 15.6 Å². The van der Waals surface area contributed by atoms with E-state index in [4.69, 9.17) is 0 Å². The third-order valence-corrected chi connectivity index (χ3v) is 4.82. The van der Waals surface area contributed by atoms with E-state index in [-0.39, 0.29) is 12.1 Å². The van der Waals surface area contributed by atoms with Gasteiger partial charge in [-0.2, -0.15) is 0 Å². The second-order valence-electron chi connectivity index (χ2n) is 5.18. The smallest absolute Gasteiger partial charge is 0.315 e. The molecule has 1 aliphatic carbocycles. The van der Waals surface area contributed by atoms with Gasteiger partial charge in [0.15, 0.2) is 0 Å². The number of hydrogen-bond donors (Lipinski definition) is 3. The second-order valence-corrected chi connectivity index (χ2v) is 6.38. The van der Waals surface area contributed by atoms with E-state index in [9.17, 15) is 9.90 Å². The molecule has 0 spiro atoms. The summed E-state index contributed by atoms with van der Waals surface area (Å²) in [5.74, 6) is 0. The molecule has 1 aliphatic rings. The predicted molar refractivity (Wildman–Crippen MR) is 80.0 cm³/mol. The molecule has 6 heteroatoms. The number of amides is 2. The van der Waals surface area contributed by atoms with Gasteiger partial charge in [0.05, 0.1) is 17.2 Å². The van der Waals surface area contributed by atoms with Crippen molar-refractivity contribution < 1.29 is 9.90 Å². The molecule has 1 fully saturated rings. The van der Waals surface area contributed by atoms with Gasteiger partial charge in [-0.25, -0.2) is 9.78 Å². The number of aryl methyl sites for hydroxylation is 1.